The van der Waals surface area contributed by atoms with Crippen LogP contribution in [0.25, 0.3) is 0 Å². The second-order valence-corrected chi connectivity index (χ2v) is 3.59. The van der Waals surface area contributed by atoms with Crippen molar-refractivity contribution in [2.45, 2.75) is 20.0 Å². The number of halogens is 4. The summed E-state index contributed by atoms with van der Waals surface area (Å²) in [6.07, 6.45) is -4.46. The average Bonchev–Trinajstić information content (AvgIpc) is 2.10. The molecule has 1 aromatic rings. The molecule has 0 spiro atoms. The Morgan fingerprint density at radius 3 is 2.20 bits per heavy atom. The lowest BCUT2D eigenvalue weighted by atomic mass is 10.0. The highest BCUT2D eigenvalue weighted by Crippen LogP contribution is 2.42. The minimum absolute atomic E-state index is 0.0870. The van der Waals surface area contributed by atoms with E-state index in [9.17, 15) is 13.2 Å². The van der Waals surface area contributed by atoms with Gasteiger partial charge in [0.2, 0.25) is 0 Å². The van der Waals surface area contributed by atoms with Gasteiger partial charge in [0.05, 0.1) is 17.7 Å². The first-order valence-corrected chi connectivity index (χ1v) is 4.57. The first-order chi connectivity index (χ1) is 6.79. The number of benzene rings is 1. The molecular formula is C10H10ClF3O. The molecular weight excluding hydrogens is 229 g/mol. The zero-order chi connectivity index (χ0) is 11.8. The van der Waals surface area contributed by atoms with Crippen LogP contribution in [0.1, 0.15) is 16.7 Å². The van der Waals surface area contributed by atoms with Crippen molar-refractivity contribution in [3.63, 3.8) is 0 Å². The van der Waals surface area contributed by atoms with Gasteiger partial charge in [0.1, 0.15) is 5.75 Å². The number of alkyl halides is 3. The number of hydrogen-bond donors (Lipinski definition) is 0. The number of hydrogen-bond acceptors (Lipinski definition) is 1. The van der Waals surface area contributed by atoms with E-state index < -0.39 is 11.7 Å². The monoisotopic (exact) mass is 238 g/mol. The zero-order valence-corrected chi connectivity index (χ0v) is 9.25. The van der Waals surface area contributed by atoms with Crippen molar-refractivity contribution in [3.8, 4) is 5.75 Å². The normalized spacial score (nSPS) is 11.7. The van der Waals surface area contributed by atoms with Gasteiger partial charge in [-0.05, 0) is 31.0 Å². The highest BCUT2D eigenvalue weighted by Gasteiger charge is 2.35. The number of ether oxygens (including phenoxy) is 1. The number of methoxy groups -OCH3 is 1. The van der Waals surface area contributed by atoms with Crippen LogP contribution < -0.4 is 4.74 Å². The van der Waals surface area contributed by atoms with E-state index in [4.69, 9.17) is 16.3 Å². The molecule has 0 saturated heterocycles. The van der Waals surface area contributed by atoms with Crippen LogP contribution in [0.5, 0.6) is 5.75 Å². The van der Waals surface area contributed by atoms with Crippen LogP contribution in [0, 0.1) is 13.8 Å². The molecule has 15 heavy (non-hydrogen) atoms. The van der Waals surface area contributed by atoms with Crippen molar-refractivity contribution < 1.29 is 17.9 Å². The van der Waals surface area contributed by atoms with Crippen molar-refractivity contribution >= 4 is 11.6 Å². The maximum atomic E-state index is 12.5. The Hall–Kier alpha value is -0.900. The molecule has 5 heteroatoms. The molecule has 0 saturated carbocycles. The predicted octanol–water partition coefficient (Wildman–Crippen LogP) is 3.98. The molecule has 1 nitrogen and oxygen atoms in total. The van der Waals surface area contributed by atoms with Gasteiger partial charge in [-0.3, -0.25) is 0 Å². The third kappa shape index (κ3) is 2.20. The fraction of sp³-hybridized carbons (Fsp3) is 0.400. The first kappa shape index (κ1) is 12.2. The Morgan fingerprint density at radius 1 is 1.27 bits per heavy atom. The smallest absolute Gasteiger partial charge is 0.417 e. The predicted molar refractivity (Wildman–Crippen MR) is 52.5 cm³/mol. The van der Waals surface area contributed by atoms with E-state index >= 15 is 0 Å². The molecule has 0 amide bonds. The van der Waals surface area contributed by atoms with E-state index in [1.807, 2.05) is 0 Å². The highest BCUT2D eigenvalue weighted by atomic mass is 35.5. The van der Waals surface area contributed by atoms with Gasteiger partial charge in [-0.1, -0.05) is 11.6 Å². The molecule has 1 rings (SSSR count). The van der Waals surface area contributed by atoms with Crippen molar-refractivity contribution in [2.24, 2.45) is 0 Å². The third-order valence-corrected chi connectivity index (χ3v) is 2.61. The van der Waals surface area contributed by atoms with Gasteiger partial charge in [0, 0.05) is 0 Å². The lowest BCUT2D eigenvalue weighted by Gasteiger charge is -2.15. The largest absolute Gasteiger partial charge is 0.495 e. The van der Waals surface area contributed by atoms with E-state index in [0.29, 0.717) is 11.1 Å². The van der Waals surface area contributed by atoms with Crippen LogP contribution in [0.4, 0.5) is 13.2 Å². The quantitative estimate of drug-likeness (QED) is 0.719. The molecule has 0 aliphatic rings. The maximum Gasteiger partial charge on any atom is 0.417 e. The molecule has 0 unspecified atom stereocenters. The summed E-state index contributed by atoms with van der Waals surface area (Å²) >= 11 is 5.63. The van der Waals surface area contributed by atoms with Crippen LogP contribution >= 0.6 is 11.6 Å². The molecule has 0 bridgehead atoms. The van der Waals surface area contributed by atoms with Crippen molar-refractivity contribution in [2.75, 3.05) is 7.11 Å². The number of aryl methyl sites for hydroxylation is 1. The van der Waals surface area contributed by atoms with Crippen molar-refractivity contribution in [1.82, 2.24) is 0 Å². The second kappa shape index (κ2) is 3.93. The standard InChI is InChI=1S/C10H10ClF3O/c1-5-4-7(10(12,13)14)8(11)9(15-3)6(5)2/h4H,1-3H3. The summed E-state index contributed by atoms with van der Waals surface area (Å²) in [5, 5.41) is -0.381. The van der Waals surface area contributed by atoms with Gasteiger partial charge in [0.15, 0.2) is 0 Å². The van der Waals surface area contributed by atoms with E-state index in [1.54, 1.807) is 13.8 Å². The van der Waals surface area contributed by atoms with Crippen LogP contribution in [-0.4, -0.2) is 7.11 Å². The third-order valence-electron chi connectivity index (χ3n) is 2.24. The Morgan fingerprint density at radius 2 is 1.80 bits per heavy atom. The highest BCUT2D eigenvalue weighted by molar-refractivity contribution is 6.33. The average molecular weight is 239 g/mol. The second-order valence-electron chi connectivity index (χ2n) is 3.21. The fourth-order valence-corrected chi connectivity index (χ4v) is 1.68. The lowest BCUT2D eigenvalue weighted by Crippen LogP contribution is -2.08. The molecule has 0 atom stereocenters. The molecule has 0 aliphatic carbocycles. The summed E-state index contributed by atoms with van der Waals surface area (Å²) in [5.41, 5.74) is 0.267. The summed E-state index contributed by atoms with van der Waals surface area (Å²) in [6.45, 7) is 3.25. The molecule has 0 fully saturated rings. The Balaban J connectivity index is 3.51. The van der Waals surface area contributed by atoms with Gasteiger partial charge >= 0.3 is 6.18 Å². The molecule has 0 N–H and O–H groups in total. The van der Waals surface area contributed by atoms with Gasteiger partial charge in [-0.15, -0.1) is 0 Å². The van der Waals surface area contributed by atoms with Gasteiger partial charge in [0.25, 0.3) is 0 Å². The van der Waals surface area contributed by atoms with E-state index in [2.05, 4.69) is 0 Å². The van der Waals surface area contributed by atoms with Crippen LogP contribution in [0.2, 0.25) is 5.02 Å². The van der Waals surface area contributed by atoms with Crippen LogP contribution in [0.15, 0.2) is 6.07 Å². The zero-order valence-electron chi connectivity index (χ0n) is 8.50. The SMILES string of the molecule is COc1c(C)c(C)cc(C(F)(F)F)c1Cl. The molecule has 0 aromatic heterocycles. The minimum Gasteiger partial charge on any atom is -0.495 e. The fourth-order valence-electron chi connectivity index (χ4n) is 1.30. The van der Waals surface area contributed by atoms with Crippen LogP contribution in [-0.2, 0) is 6.18 Å². The minimum atomic E-state index is -4.46. The maximum absolute atomic E-state index is 12.5. The molecule has 0 aliphatic heterocycles. The molecule has 0 radical (unpaired) electrons. The van der Waals surface area contributed by atoms with Gasteiger partial charge in [-0.2, -0.15) is 13.2 Å². The summed E-state index contributed by atoms with van der Waals surface area (Å²) < 4.78 is 42.5. The van der Waals surface area contributed by atoms with Crippen molar-refractivity contribution in [3.05, 3.63) is 27.8 Å². The summed E-state index contributed by atoms with van der Waals surface area (Å²) in [7, 11) is 1.30. The summed E-state index contributed by atoms with van der Waals surface area (Å²) in [6, 6.07) is 1.03. The van der Waals surface area contributed by atoms with Gasteiger partial charge in [-0.25, -0.2) is 0 Å². The summed E-state index contributed by atoms with van der Waals surface area (Å²) in [5.74, 6) is 0.0870. The van der Waals surface area contributed by atoms with E-state index in [0.717, 1.165) is 6.07 Å². The molecule has 0 heterocycles. The topological polar surface area (TPSA) is 9.23 Å². The molecule has 84 valence electrons. The van der Waals surface area contributed by atoms with E-state index in [1.165, 1.54) is 7.11 Å². The molecule has 1 aromatic carbocycles. The van der Waals surface area contributed by atoms with Crippen LogP contribution in [0.3, 0.4) is 0 Å². The number of rotatable bonds is 1. The Labute approximate surface area is 90.8 Å². The van der Waals surface area contributed by atoms with Crippen molar-refractivity contribution in [1.29, 1.82) is 0 Å². The lowest BCUT2D eigenvalue weighted by molar-refractivity contribution is -0.137. The first-order valence-electron chi connectivity index (χ1n) is 4.20. The Kier molecular flexibility index (Phi) is 3.19. The Bertz CT molecular complexity index is 385. The summed E-state index contributed by atoms with van der Waals surface area (Å²) in [4.78, 5) is 0. The van der Waals surface area contributed by atoms with E-state index in [-0.39, 0.29) is 10.8 Å². The van der Waals surface area contributed by atoms with Gasteiger partial charge < -0.3 is 4.74 Å².